The van der Waals surface area contributed by atoms with Crippen molar-refractivity contribution in [2.45, 2.75) is 0 Å². The summed E-state index contributed by atoms with van der Waals surface area (Å²) in [6.07, 6.45) is 0. The molecular formula is C19H15N3O2S. The van der Waals surface area contributed by atoms with Crippen molar-refractivity contribution in [1.82, 2.24) is 9.97 Å². The molecule has 25 heavy (non-hydrogen) atoms. The van der Waals surface area contributed by atoms with Gasteiger partial charge in [0.05, 0.1) is 23.0 Å². The highest BCUT2D eigenvalue weighted by molar-refractivity contribution is 7.13. The van der Waals surface area contributed by atoms with Gasteiger partial charge in [-0.3, -0.25) is 4.79 Å². The van der Waals surface area contributed by atoms with Crippen LogP contribution in [0.4, 0.5) is 5.69 Å². The van der Waals surface area contributed by atoms with Crippen molar-refractivity contribution in [3.05, 3.63) is 65.5 Å². The molecule has 1 amide bonds. The topological polar surface area (TPSA) is 67.0 Å². The normalized spacial score (nSPS) is 10.8. The molecule has 5 nitrogen and oxygen atoms in total. The van der Waals surface area contributed by atoms with Gasteiger partial charge in [-0.15, -0.1) is 11.3 Å². The van der Waals surface area contributed by atoms with Gasteiger partial charge < -0.3 is 15.0 Å². The molecule has 0 radical (unpaired) electrons. The Labute approximate surface area is 148 Å². The maximum atomic E-state index is 12.4. The van der Waals surface area contributed by atoms with Crippen LogP contribution < -0.4 is 10.1 Å². The SMILES string of the molecule is COc1cccc(C(=O)Nc2ccc3[nH]c(-c4cccs4)nc3c2)c1. The van der Waals surface area contributed by atoms with Gasteiger partial charge in [0, 0.05) is 11.3 Å². The molecule has 0 aliphatic heterocycles. The fourth-order valence-corrected chi connectivity index (χ4v) is 3.25. The van der Waals surface area contributed by atoms with Crippen molar-refractivity contribution in [1.29, 1.82) is 0 Å². The summed E-state index contributed by atoms with van der Waals surface area (Å²) in [7, 11) is 1.58. The average Bonchev–Trinajstić information content (AvgIpc) is 3.30. The predicted octanol–water partition coefficient (Wildman–Crippen LogP) is 4.55. The Hall–Kier alpha value is -3.12. The number of methoxy groups -OCH3 is 1. The van der Waals surface area contributed by atoms with Crippen LogP contribution in [0.3, 0.4) is 0 Å². The predicted molar refractivity (Wildman–Crippen MR) is 100 cm³/mol. The number of H-pyrrole nitrogens is 1. The van der Waals surface area contributed by atoms with Crippen molar-refractivity contribution in [2.75, 3.05) is 12.4 Å². The number of aromatic nitrogens is 2. The molecule has 2 aromatic carbocycles. The van der Waals surface area contributed by atoms with Crippen LogP contribution in [0.15, 0.2) is 60.0 Å². The van der Waals surface area contributed by atoms with Gasteiger partial charge >= 0.3 is 0 Å². The molecule has 0 unspecified atom stereocenters. The number of nitrogens with zero attached hydrogens (tertiary/aromatic N) is 1. The monoisotopic (exact) mass is 349 g/mol. The Kier molecular flexibility index (Phi) is 3.95. The summed E-state index contributed by atoms with van der Waals surface area (Å²) in [4.78, 5) is 21.4. The van der Waals surface area contributed by atoms with Crippen LogP contribution in [-0.4, -0.2) is 23.0 Å². The smallest absolute Gasteiger partial charge is 0.255 e. The molecule has 124 valence electrons. The molecule has 2 N–H and O–H groups in total. The summed E-state index contributed by atoms with van der Waals surface area (Å²) in [5.74, 6) is 1.30. The van der Waals surface area contributed by atoms with Crippen molar-refractivity contribution in [3.63, 3.8) is 0 Å². The number of carbonyl (C=O) groups excluding carboxylic acids is 1. The number of carbonyl (C=O) groups is 1. The first kappa shape index (κ1) is 15.4. The lowest BCUT2D eigenvalue weighted by Crippen LogP contribution is -2.11. The van der Waals surface area contributed by atoms with Crippen molar-refractivity contribution in [3.8, 4) is 16.5 Å². The number of rotatable bonds is 4. The van der Waals surface area contributed by atoms with E-state index in [0.717, 1.165) is 21.7 Å². The van der Waals surface area contributed by atoms with Crippen LogP contribution in [0.5, 0.6) is 5.75 Å². The molecule has 2 aromatic heterocycles. The van der Waals surface area contributed by atoms with Gasteiger partial charge in [-0.25, -0.2) is 4.98 Å². The number of amides is 1. The van der Waals surface area contributed by atoms with Gasteiger partial charge in [-0.2, -0.15) is 0 Å². The zero-order valence-corrected chi connectivity index (χ0v) is 14.3. The Morgan fingerprint density at radius 2 is 2.08 bits per heavy atom. The van der Waals surface area contributed by atoms with Gasteiger partial charge in [-0.05, 0) is 47.8 Å². The second kappa shape index (κ2) is 6.41. The number of anilines is 1. The van der Waals surface area contributed by atoms with Crippen LogP contribution >= 0.6 is 11.3 Å². The van der Waals surface area contributed by atoms with Gasteiger partial charge in [0.25, 0.3) is 5.91 Å². The minimum atomic E-state index is -0.188. The fraction of sp³-hybridized carbons (Fsp3) is 0.0526. The van der Waals surface area contributed by atoms with Crippen LogP contribution in [0, 0.1) is 0 Å². The number of fused-ring (bicyclic) bond motifs is 1. The first-order valence-electron chi connectivity index (χ1n) is 7.72. The Balaban J connectivity index is 1.60. The van der Waals surface area contributed by atoms with E-state index < -0.39 is 0 Å². The van der Waals surface area contributed by atoms with E-state index in [1.807, 2.05) is 35.7 Å². The van der Waals surface area contributed by atoms with E-state index in [1.54, 1.807) is 42.7 Å². The molecule has 0 aliphatic carbocycles. The van der Waals surface area contributed by atoms with Crippen molar-refractivity contribution in [2.24, 2.45) is 0 Å². The first-order chi connectivity index (χ1) is 12.2. The Bertz CT molecular complexity index is 1040. The Morgan fingerprint density at radius 1 is 1.16 bits per heavy atom. The molecular weight excluding hydrogens is 334 g/mol. The summed E-state index contributed by atoms with van der Waals surface area (Å²) in [5, 5.41) is 4.92. The highest BCUT2D eigenvalue weighted by Crippen LogP contribution is 2.26. The molecule has 4 aromatic rings. The fourth-order valence-electron chi connectivity index (χ4n) is 2.58. The van der Waals surface area contributed by atoms with Gasteiger partial charge in [-0.1, -0.05) is 12.1 Å². The first-order valence-corrected chi connectivity index (χ1v) is 8.60. The average molecular weight is 349 g/mol. The molecule has 0 saturated carbocycles. The van der Waals surface area contributed by atoms with Gasteiger partial charge in [0.2, 0.25) is 0 Å². The molecule has 0 aliphatic rings. The van der Waals surface area contributed by atoms with Gasteiger partial charge in [0.15, 0.2) is 0 Å². The number of benzene rings is 2. The summed E-state index contributed by atoms with van der Waals surface area (Å²) in [6, 6.07) is 16.7. The second-order valence-electron chi connectivity index (χ2n) is 5.48. The van der Waals surface area contributed by atoms with E-state index in [2.05, 4.69) is 15.3 Å². The standard InChI is InChI=1S/C19H15N3O2S/c1-24-14-5-2-4-12(10-14)19(23)20-13-7-8-15-16(11-13)22-18(21-15)17-6-3-9-25-17/h2-11H,1H3,(H,20,23)(H,21,22). The lowest BCUT2D eigenvalue weighted by molar-refractivity contribution is 0.102. The van der Waals surface area contributed by atoms with E-state index in [0.29, 0.717) is 17.0 Å². The maximum Gasteiger partial charge on any atom is 0.255 e. The number of hydrogen-bond acceptors (Lipinski definition) is 4. The number of thiophene rings is 1. The minimum absolute atomic E-state index is 0.188. The summed E-state index contributed by atoms with van der Waals surface area (Å²) >= 11 is 1.63. The zero-order chi connectivity index (χ0) is 17.2. The van der Waals surface area contributed by atoms with Crippen LogP contribution in [0.1, 0.15) is 10.4 Å². The Morgan fingerprint density at radius 3 is 2.88 bits per heavy atom. The molecule has 0 atom stereocenters. The third-order valence-electron chi connectivity index (χ3n) is 3.83. The maximum absolute atomic E-state index is 12.4. The zero-order valence-electron chi connectivity index (χ0n) is 13.4. The van der Waals surface area contributed by atoms with E-state index in [-0.39, 0.29) is 5.91 Å². The van der Waals surface area contributed by atoms with Crippen LogP contribution in [-0.2, 0) is 0 Å². The van der Waals surface area contributed by atoms with Crippen LogP contribution in [0.25, 0.3) is 21.7 Å². The number of nitrogens with one attached hydrogen (secondary N) is 2. The van der Waals surface area contributed by atoms with E-state index in [4.69, 9.17) is 4.74 Å². The van der Waals surface area contributed by atoms with Crippen molar-refractivity contribution < 1.29 is 9.53 Å². The number of ether oxygens (including phenoxy) is 1. The molecule has 2 heterocycles. The number of imidazole rings is 1. The summed E-state index contributed by atoms with van der Waals surface area (Å²) in [5.41, 5.74) is 2.99. The molecule has 4 rings (SSSR count). The molecule has 6 heteroatoms. The highest BCUT2D eigenvalue weighted by Gasteiger charge is 2.10. The second-order valence-corrected chi connectivity index (χ2v) is 6.43. The minimum Gasteiger partial charge on any atom is -0.497 e. The van der Waals surface area contributed by atoms with Crippen LogP contribution in [0.2, 0.25) is 0 Å². The van der Waals surface area contributed by atoms with Gasteiger partial charge in [0.1, 0.15) is 11.6 Å². The molecule has 0 fully saturated rings. The lowest BCUT2D eigenvalue weighted by atomic mass is 10.2. The summed E-state index contributed by atoms with van der Waals surface area (Å²) < 4.78 is 5.16. The number of aromatic amines is 1. The lowest BCUT2D eigenvalue weighted by Gasteiger charge is -2.06. The van der Waals surface area contributed by atoms with Crippen molar-refractivity contribution >= 4 is 34.0 Å². The highest BCUT2D eigenvalue weighted by atomic mass is 32.1. The quantitative estimate of drug-likeness (QED) is 0.568. The van der Waals surface area contributed by atoms with E-state index in [9.17, 15) is 4.79 Å². The third kappa shape index (κ3) is 3.12. The number of hydrogen-bond donors (Lipinski definition) is 2. The molecule has 0 saturated heterocycles. The van der Waals surface area contributed by atoms with E-state index >= 15 is 0 Å². The van der Waals surface area contributed by atoms with E-state index in [1.165, 1.54) is 0 Å². The third-order valence-corrected chi connectivity index (χ3v) is 4.70. The molecule has 0 spiro atoms. The largest absolute Gasteiger partial charge is 0.497 e. The summed E-state index contributed by atoms with van der Waals surface area (Å²) in [6.45, 7) is 0. The molecule has 0 bridgehead atoms.